The van der Waals surface area contributed by atoms with E-state index in [9.17, 15) is 9.18 Å². The first-order valence-electron chi connectivity index (χ1n) is 5.84. The van der Waals surface area contributed by atoms with Crippen molar-refractivity contribution in [3.05, 3.63) is 34.1 Å². The van der Waals surface area contributed by atoms with Crippen molar-refractivity contribution < 1.29 is 9.18 Å². The minimum absolute atomic E-state index is 0.131. The van der Waals surface area contributed by atoms with Gasteiger partial charge in [0.2, 0.25) is 5.91 Å². The van der Waals surface area contributed by atoms with Crippen LogP contribution < -0.4 is 11.1 Å². The summed E-state index contributed by atoms with van der Waals surface area (Å²) in [6.07, 6.45) is 0.866. The number of rotatable bonds is 5. The quantitative estimate of drug-likeness (QED) is 0.877. The number of nitrogens with two attached hydrogens (primary N) is 1. The van der Waals surface area contributed by atoms with Crippen molar-refractivity contribution in [2.75, 3.05) is 0 Å². The molecule has 0 saturated heterocycles. The number of hydrogen-bond donors (Lipinski definition) is 2. The summed E-state index contributed by atoms with van der Waals surface area (Å²) in [6, 6.07) is 4.60. The van der Waals surface area contributed by atoms with E-state index in [0.29, 0.717) is 10.0 Å². The zero-order chi connectivity index (χ0) is 13.9. The Bertz CT molecular complexity index is 453. The minimum Gasteiger partial charge on any atom is -0.368 e. The van der Waals surface area contributed by atoms with E-state index in [1.165, 1.54) is 6.07 Å². The molecule has 0 saturated carbocycles. The second-order valence-corrected chi connectivity index (χ2v) is 5.43. The lowest BCUT2D eigenvalue weighted by atomic mass is 9.90. The number of nitrogens with one attached hydrogen (secondary N) is 1. The highest BCUT2D eigenvalue weighted by atomic mass is 79.9. The van der Waals surface area contributed by atoms with Gasteiger partial charge in [-0.15, -0.1) is 0 Å². The third-order valence-electron chi connectivity index (χ3n) is 3.14. The number of amides is 1. The summed E-state index contributed by atoms with van der Waals surface area (Å²) in [7, 11) is 0. The lowest BCUT2D eigenvalue weighted by molar-refractivity contribution is -0.124. The molecule has 0 heterocycles. The predicted molar refractivity (Wildman–Crippen MR) is 73.5 cm³/mol. The van der Waals surface area contributed by atoms with Gasteiger partial charge in [0.05, 0.1) is 4.47 Å². The van der Waals surface area contributed by atoms with Gasteiger partial charge >= 0.3 is 0 Å². The van der Waals surface area contributed by atoms with Gasteiger partial charge in [-0.1, -0.05) is 13.0 Å². The van der Waals surface area contributed by atoms with Crippen LogP contribution in [0.1, 0.15) is 32.8 Å². The first kappa shape index (κ1) is 15.1. The molecule has 100 valence electrons. The Balaban J connectivity index is 3.18. The van der Waals surface area contributed by atoms with Gasteiger partial charge in [0.1, 0.15) is 11.4 Å². The van der Waals surface area contributed by atoms with Crippen LogP contribution in [0.5, 0.6) is 0 Å². The zero-order valence-corrected chi connectivity index (χ0v) is 12.3. The fourth-order valence-corrected chi connectivity index (χ4v) is 2.08. The third-order valence-corrected chi connectivity index (χ3v) is 3.74. The lowest BCUT2D eigenvalue weighted by Crippen LogP contribution is -2.53. The van der Waals surface area contributed by atoms with Crippen LogP contribution in [-0.4, -0.2) is 11.9 Å². The Hall–Kier alpha value is -0.940. The SMILES string of the molecule is CCC(C)NC(C)(C(N)=O)c1ccc(F)c(Br)c1. The van der Waals surface area contributed by atoms with Crippen molar-refractivity contribution in [1.29, 1.82) is 0 Å². The Morgan fingerprint density at radius 2 is 2.22 bits per heavy atom. The molecule has 2 atom stereocenters. The van der Waals surface area contributed by atoms with Gasteiger partial charge in [-0.3, -0.25) is 10.1 Å². The van der Waals surface area contributed by atoms with Crippen LogP contribution in [-0.2, 0) is 10.3 Å². The molecule has 3 N–H and O–H groups in total. The van der Waals surface area contributed by atoms with Crippen LogP contribution in [0, 0.1) is 5.82 Å². The van der Waals surface area contributed by atoms with Crippen LogP contribution in [0.4, 0.5) is 4.39 Å². The van der Waals surface area contributed by atoms with Crippen molar-refractivity contribution >= 4 is 21.8 Å². The second kappa shape index (κ2) is 5.80. The molecular formula is C13H18BrFN2O. The molecule has 0 aliphatic carbocycles. The van der Waals surface area contributed by atoms with Crippen molar-refractivity contribution in [2.45, 2.75) is 38.8 Å². The van der Waals surface area contributed by atoms with E-state index in [1.54, 1.807) is 19.1 Å². The van der Waals surface area contributed by atoms with Crippen LogP contribution in [0.25, 0.3) is 0 Å². The van der Waals surface area contributed by atoms with Crippen LogP contribution >= 0.6 is 15.9 Å². The van der Waals surface area contributed by atoms with Gasteiger partial charge < -0.3 is 5.73 Å². The van der Waals surface area contributed by atoms with Gasteiger partial charge in [-0.2, -0.15) is 0 Å². The van der Waals surface area contributed by atoms with E-state index in [1.807, 2.05) is 13.8 Å². The van der Waals surface area contributed by atoms with E-state index in [-0.39, 0.29) is 11.9 Å². The van der Waals surface area contributed by atoms with E-state index in [2.05, 4.69) is 21.2 Å². The van der Waals surface area contributed by atoms with E-state index >= 15 is 0 Å². The summed E-state index contributed by atoms with van der Waals surface area (Å²) >= 11 is 3.12. The maximum atomic E-state index is 13.2. The highest BCUT2D eigenvalue weighted by Gasteiger charge is 2.34. The number of carbonyl (C=O) groups excluding carboxylic acids is 1. The Labute approximate surface area is 115 Å². The van der Waals surface area contributed by atoms with Crippen molar-refractivity contribution in [1.82, 2.24) is 5.32 Å². The molecule has 0 aliphatic heterocycles. The Kier molecular flexibility index (Phi) is 4.87. The Morgan fingerprint density at radius 3 is 2.67 bits per heavy atom. The first-order valence-corrected chi connectivity index (χ1v) is 6.63. The van der Waals surface area contributed by atoms with Crippen LogP contribution in [0.15, 0.2) is 22.7 Å². The normalized spacial score (nSPS) is 16.1. The van der Waals surface area contributed by atoms with E-state index in [0.717, 1.165) is 6.42 Å². The van der Waals surface area contributed by atoms with Gasteiger partial charge in [-0.05, 0) is 53.9 Å². The van der Waals surface area contributed by atoms with Crippen molar-refractivity contribution in [3.8, 4) is 0 Å². The lowest BCUT2D eigenvalue weighted by Gasteiger charge is -2.31. The average molecular weight is 317 g/mol. The molecule has 1 aromatic carbocycles. The number of halogens is 2. The fourth-order valence-electron chi connectivity index (χ4n) is 1.70. The van der Waals surface area contributed by atoms with Crippen molar-refractivity contribution in [3.63, 3.8) is 0 Å². The van der Waals surface area contributed by atoms with Crippen molar-refractivity contribution in [2.24, 2.45) is 5.73 Å². The summed E-state index contributed by atoms with van der Waals surface area (Å²) in [5.74, 6) is -0.851. The maximum absolute atomic E-state index is 13.2. The van der Waals surface area contributed by atoms with Crippen LogP contribution in [0.3, 0.4) is 0 Å². The minimum atomic E-state index is -1.01. The fraction of sp³-hybridized carbons (Fsp3) is 0.462. The van der Waals surface area contributed by atoms with Gasteiger partial charge in [0.15, 0.2) is 0 Å². The molecule has 0 spiro atoms. The standard InChI is InChI=1S/C13H18BrFN2O/c1-4-8(2)17-13(3,12(16)18)9-5-6-11(15)10(14)7-9/h5-8,17H,4H2,1-3H3,(H2,16,18). The summed E-state index contributed by atoms with van der Waals surface area (Å²) in [5.41, 5.74) is 5.12. The molecular weight excluding hydrogens is 299 g/mol. The predicted octanol–water partition coefficient (Wildman–Crippen LogP) is 2.68. The Morgan fingerprint density at radius 1 is 1.61 bits per heavy atom. The maximum Gasteiger partial charge on any atom is 0.242 e. The molecule has 3 nitrogen and oxygen atoms in total. The number of hydrogen-bond acceptors (Lipinski definition) is 2. The molecule has 0 aliphatic rings. The molecule has 2 unspecified atom stereocenters. The smallest absolute Gasteiger partial charge is 0.242 e. The highest BCUT2D eigenvalue weighted by Crippen LogP contribution is 2.26. The molecule has 0 radical (unpaired) electrons. The van der Waals surface area contributed by atoms with E-state index in [4.69, 9.17) is 5.73 Å². The largest absolute Gasteiger partial charge is 0.368 e. The zero-order valence-electron chi connectivity index (χ0n) is 10.8. The van der Waals surface area contributed by atoms with E-state index < -0.39 is 11.4 Å². The molecule has 0 bridgehead atoms. The van der Waals surface area contributed by atoms with Gasteiger partial charge in [0.25, 0.3) is 0 Å². The molecule has 0 aromatic heterocycles. The molecule has 0 fully saturated rings. The molecule has 1 amide bonds. The summed E-state index contributed by atoms with van der Waals surface area (Å²) in [5, 5.41) is 3.19. The number of carbonyl (C=O) groups is 1. The highest BCUT2D eigenvalue weighted by molar-refractivity contribution is 9.10. The molecule has 18 heavy (non-hydrogen) atoms. The van der Waals surface area contributed by atoms with Gasteiger partial charge in [0, 0.05) is 6.04 Å². The monoisotopic (exact) mass is 316 g/mol. The number of primary amides is 1. The third kappa shape index (κ3) is 3.09. The van der Waals surface area contributed by atoms with Crippen LogP contribution in [0.2, 0.25) is 0 Å². The molecule has 1 aromatic rings. The summed E-state index contributed by atoms with van der Waals surface area (Å²) < 4.78 is 13.6. The second-order valence-electron chi connectivity index (χ2n) is 4.57. The number of benzene rings is 1. The molecule has 5 heteroatoms. The topological polar surface area (TPSA) is 55.1 Å². The van der Waals surface area contributed by atoms with Gasteiger partial charge in [-0.25, -0.2) is 4.39 Å². The average Bonchev–Trinajstić information content (AvgIpc) is 2.31. The first-order chi connectivity index (χ1) is 8.31. The summed E-state index contributed by atoms with van der Waals surface area (Å²) in [6.45, 7) is 5.70. The summed E-state index contributed by atoms with van der Waals surface area (Å²) in [4.78, 5) is 11.7. The molecule has 1 rings (SSSR count).